The highest BCUT2D eigenvalue weighted by Crippen LogP contribution is 2.40. The van der Waals surface area contributed by atoms with Gasteiger partial charge in [-0.1, -0.05) is 72.8 Å². The Morgan fingerprint density at radius 2 is 1.25 bits per heavy atom. The van der Waals surface area contributed by atoms with Crippen molar-refractivity contribution in [3.63, 3.8) is 0 Å². The first kappa shape index (κ1) is 14.8. The van der Waals surface area contributed by atoms with Crippen molar-refractivity contribution < 1.29 is 14.7 Å². The number of hydrogen-bond donors (Lipinski definition) is 2. The summed E-state index contributed by atoms with van der Waals surface area (Å²) in [6.45, 7) is 0. The summed E-state index contributed by atoms with van der Waals surface area (Å²) in [5, 5.41) is 22.9. The molecular formula is C20H15BO3. The zero-order valence-corrected chi connectivity index (χ0v) is 12.9. The number of fused-ring (bicyclic) bond motifs is 2. The van der Waals surface area contributed by atoms with Gasteiger partial charge in [-0.25, -0.2) is 0 Å². The van der Waals surface area contributed by atoms with Crippen LogP contribution in [-0.2, 0) is 0 Å². The molecule has 24 heavy (non-hydrogen) atoms. The van der Waals surface area contributed by atoms with Gasteiger partial charge in [-0.05, 0) is 33.2 Å². The van der Waals surface area contributed by atoms with Crippen LogP contribution in [0, 0.1) is 0 Å². The van der Waals surface area contributed by atoms with Gasteiger partial charge in [0, 0.05) is 5.56 Å². The average molecular weight is 314 g/mol. The Labute approximate surface area is 139 Å². The molecule has 0 bridgehead atoms. The van der Waals surface area contributed by atoms with Gasteiger partial charge in [0.25, 0.3) is 0 Å². The van der Waals surface area contributed by atoms with Gasteiger partial charge in [-0.2, -0.15) is 0 Å². The van der Waals surface area contributed by atoms with Crippen molar-refractivity contribution in [2.45, 2.75) is 0 Å². The molecule has 0 aliphatic rings. The summed E-state index contributed by atoms with van der Waals surface area (Å²) in [5.74, 6) is 0.444. The smallest absolute Gasteiger partial charge is 0.511 e. The molecule has 4 aromatic carbocycles. The number of benzene rings is 4. The lowest BCUT2D eigenvalue weighted by atomic mass is 9.93. The highest BCUT2D eigenvalue weighted by molar-refractivity contribution is 6.34. The lowest BCUT2D eigenvalue weighted by molar-refractivity contribution is 0.289. The molecule has 4 aromatic rings. The molecule has 2 N–H and O–H groups in total. The molecule has 4 heteroatoms. The molecule has 0 saturated heterocycles. The van der Waals surface area contributed by atoms with E-state index in [9.17, 15) is 10.0 Å². The molecule has 3 nitrogen and oxygen atoms in total. The van der Waals surface area contributed by atoms with Crippen molar-refractivity contribution in [2.75, 3.05) is 0 Å². The summed E-state index contributed by atoms with van der Waals surface area (Å²) >= 11 is 0. The van der Waals surface area contributed by atoms with Gasteiger partial charge in [0.15, 0.2) is 0 Å². The first-order valence-corrected chi connectivity index (χ1v) is 7.77. The van der Waals surface area contributed by atoms with Crippen molar-refractivity contribution >= 4 is 28.9 Å². The van der Waals surface area contributed by atoms with Crippen LogP contribution in [0.15, 0.2) is 78.9 Å². The van der Waals surface area contributed by atoms with Crippen LogP contribution in [0.1, 0.15) is 0 Å². The molecule has 0 atom stereocenters. The maximum Gasteiger partial charge on any atom is 0.707 e. The van der Waals surface area contributed by atoms with E-state index in [0.717, 1.165) is 32.7 Å². The van der Waals surface area contributed by atoms with E-state index in [4.69, 9.17) is 4.65 Å². The van der Waals surface area contributed by atoms with Crippen LogP contribution >= 0.6 is 0 Å². The quantitative estimate of drug-likeness (QED) is 0.562. The van der Waals surface area contributed by atoms with E-state index in [-0.39, 0.29) is 0 Å². The van der Waals surface area contributed by atoms with Crippen molar-refractivity contribution in [1.29, 1.82) is 0 Å². The maximum absolute atomic E-state index is 9.30. The topological polar surface area (TPSA) is 49.7 Å². The standard InChI is InChI=1S/C20H15BO3/c22-21(23)24-19-13-12-15-7-2-4-10-17(15)20(19)18-11-5-8-14-6-1-3-9-16(14)18/h1-13,22-23H. The highest BCUT2D eigenvalue weighted by Gasteiger charge is 2.18. The van der Waals surface area contributed by atoms with Gasteiger partial charge in [-0.15, -0.1) is 0 Å². The minimum atomic E-state index is -1.86. The second-order valence-corrected chi connectivity index (χ2v) is 5.63. The number of hydrogen-bond acceptors (Lipinski definition) is 3. The Morgan fingerprint density at radius 3 is 2.00 bits per heavy atom. The Morgan fingerprint density at radius 1 is 0.625 bits per heavy atom. The van der Waals surface area contributed by atoms with Crippen LogP contribution in [0.4, 0.5) is 0 Å². The maximum atomic E-state index is 9.30. The summed E-state index contributed by atoms with van der Waals surface area (Å²) in [6, 6.07) is 25.9. The third-order valence-corrected chi connectivity index (χ3v) is 4.18. The fourth-order valence-electron chi connectivity index (χ4n) is 3.18. The zero-order valence-electron chi connectivity index (χ0n) is 12.9. The van der Waals surface area contributed by atoms with Crippen LogP contribution in [0.5, 0.6) is 5.75 Å². The monoisotopic (exact) mass is 314 g/mol. The zero-order chi connectivity index (χ0) is 16.5. The van der Waals surface area contributed by atoms with E-state index in [1.807, 2.05) is 54.6 Å². The fourth-order valence-corrected chi connectivity index (χ4v) is 3.18. The molecule has 0 aliphatic carbocycles. The van der Waals surface area contributed by atoms with Gasteiger partial charge < -0.3 is 14.7 Å². The van der Waals surface area contributed by atoms with Crippen LogP contribution in [0.3, 0.4) is 0 Å². The van der Waals surface area contributed by atoms with Gasteiger partial charge in [-0.3, -0.25) is 0 Å². The van der Waals surface area contributed by atoms with Gasteiger partial charge in [0.05, 0.1) is 0 Å². The number of rotatable bonds is 3. The summed E-state index contributed by atoms with van der Waals surface area (Å²) in [7, 11) is -1.86. The fraction of sp³-hybridized carbons (Fsp3) is 0. The van der Waals surface area contributed by atoms with E-state index >= 15 is 0 Å². The molecule has 0 fully saturated rings. The Bertz CT molecular complexity index is 1020. The van der Waals surface area contributed by atoms with Gasteiger partial charge in [0.2, 0.25) is 0 Å². The van der Waals surface area contributed by atoms with E-state index in [1.165, 1.54) is 0 Å². The lowest BCUT2D eigenvalue weighted by Crippen LogP contribution is -2.21. The van der Waals surface area contributed by atoms with Crippen LogP contribution in [0.25, 0.3) is 32.7 Å². The van der Waals surface area contributed by atoms with E-state index in [2.05, 4.69) is 18.2 Å². The minimum absolute atomic E-state index is 0.444. The van der Waals surface area contributed by atoms with Crippen molar-refractivity contribution in [2.24, 2.45) is 0 Å². The largest absolute Gasteiger partial charge is 0.707 e. The predicted octanol–water partition coefficient (Wildman–Crippen LogP) is 4.01. The first-order chi connectivity index (χ1) is 11.7. The van der Waals surface area contributed by atoms with Crippen LogP contribution in [-0.4, -0.2) is 17.4 Å². The molecule has 116 valence electrons. The Kier molecular flexibility index (Phi) is 3.69. The van der Waals surface area contributed by atoms with Gasteiger partial charge in [0.1, 0.15) is 5.75 Å². The summed E-state index contributed by atoms with van der Waals surface area (Å²) in [4.78, 5) is 0. The minimum Gasteiger partial charge on any atom is -0.511 e. The third kappa shape index (κ3) is 2.52. The first-order valence-electron chi connectivity index (χ1n) is 7.77. The SMILES string of the molecule is OB(O)Oc1ccc2ccccc2c1-c1cccc2ccccc12. The molecule has 0 amide bonds. The van der Waals surface area contributed by atoms with Crippen molar-refractivity contribution in [1.82, 2.24) is 0 Å². The summed E-state index contributed by atoms with van der Waals surface area (Å²) in [5.41, 5.74) is 1.86. The van der Waals surface area contributed by atoms with Crippen molar-refractivity contribution in [3.8, 4) is 16.9 Å². The lowest BCUT2D eigenvalue weighted by Gasteiger charge is -2.16. The Balaban J connectivity index is 2.10. The average Bonchev–Trinajstić information content (AvgIpc) is 2.61. The molecule has 0 spiro atoms. The Hall–Kier alpha value is -2.82. The predicted molar refractivity (Wildman–Crippen MR) is 97.7 cm³/mol. The molecule has 0 heterocycles. The van der Waals surface area contributed by atoms with E-state index in [0.29, 0.717) is 5.75 Å². The molecule has 0 radical (unpaired) electrons. The van der Waals surface area contributed by atoms with E-state index in [1.54, 1.807) is 6.07 Å². The molecule has 0 aromatic heterocycles. The molecular weight excluding hydrogens is 299 g/mol. The summed E-state index contributed by atoms with van der Waals surface area (Å²) < 4.78 is 5.27. The molecule has 0 saturated carbocycles. The third-order valence-electron chi connectivity index (χ3n) is 4.18. The second kappa shape index (κ2) is 6.00. The normalized spacial score (nSPS) is 10.9. The summed E-state index contributed by atoms with van der Waals surface area (Å²) in [6.07, 6.45) is 0. The second-order valence-electron chi connectivity index (χ2n) is 5.63. The molecule has 0 aliphatic heterocycles. The van der Waals surface area contributed by atoms with Crippen molar-refractivity contribution in [3.05, 3.63) is 78.9 Å². The highest BCUT2D eigenvalue weighted by atomic mass is 16.6. The van der Waals surface area contributed by atoms with E-state index < -0.39 is 7.32 Å². The van der Waals surface area contributed by atoms with Crippen LogP contribution < -0.4 is 4.65 Å². The van der Waals surface area contributed by atoms with Crippen LogP contribution in [0.2, 0.25) is 0 Å². The molecule has 4 rings (SSSR count). The molecule has 0 unspecified atom stereocenters. The van der Waals surface area contributed by atoms with Gasteiger partial charge >= 0.3 is 7.32 Å².